The normalized spacial score (nSPS) is 10.7. The second-order valence-corrected chi connectivity index (χ2v) is 3.33. The summed E-state index contributed by atoms with van der Waals surface area (Å²) in [4.78, 5) is 3.98. The molecule has 2 aromatic rings. The van der Waals surface area contributed by atoms with Crippen LogP contribution in [0.15, 0.2) is 22.9 Å². The van der Waals surface area contributed by atoms with E-state index >= 15 is 0 Å². The highest BCUT2D eigenvalue weighted by atomic mass is 79.9. The molecule has 0 radical (unpaired) electrons. The van der Waals surface area contributed by atoms with Gasteiger partial charge in [-0.2, -0.15) is 5.10 Å². The van der Waals surface area contributed by atoms with Crippen LogP contribution in [0, 0.1) is 0 Å². The second kappa shape index (κ2) is 2.46. The molecule has 0 aliphatic carbocycles. The molecule has 0 aliphatic rings. The van der Waals surface area contributed by atoms with Crippen molar-refractivity contribution >= 4 is 33.2 Å². The van der Waals surface area contributed by atoms with Gasteiger partial charge in [0.05, 0.1) is 0 Å². The van der Waals surface area contributed by atoms with Crippen LogP contribution in [0.3, 0.4) is 0 Å². The zero-order chi connectivity index (χ0) is 7.84. The van der Waals surface area contributed by atoms with Gasteiger partial charge in [-0.15, -0.1) is 0 Å². The van der Waals surface area contributed by atoms with E-state index in [0.717, 1.165) is 10.1 Å². The quantitative estimate of drug-likeness (QED) is 0.652. The summed E-state index contributed by atoms with van der Waals surface area (Å²) in [5.74, 6) is 0. The first-order valence-corrected chi connectivity index (χ1v) is 4.09. The van der Waals surface area contributed by atoms with Crippen LogP contribution in [0.4, 0.5) is 0 Å². The monoisotopic (exact) mass is 231 g/mol. The van der Waals surface area contributed by atoms with E-state index < -0.39 is 0 Å². The standard InChI is InChI=1S/C6H3BrClN3/c7-4-1-5(8)11-6(2-4)9-3-10-11/h1-3H. The van der Waals surface area contributed by atoms with Crippen LogP contribution in [-0.4, -0.2) is 14.6 Å². The first-order chi connectivity index (χ1) is 5.27. The molecule has 0 spiro atoms. The number of fused-ring (bicyclic) bond motifs is 1. The van der Waals surface area contributed by atoms with E-state index in [-0.39, 0.29) is 0 Å². The van der Waals surface area contributed by atoms with Crippen molar-refractivity contribution in [3.05, 3.63) is 28.1 Å². The summed E-state index contributed by atoms with van der Waals surface area (Å²) >= 11 is 9.14. The Morgan fingerprint density at radius 3 is 3.09 bits per heavy atom. The van der Waals surface area contributed by atoms with E-state index in [1.54, 1.807) is 10.6 Å². The van der Waals surface area contributed by atoms with Gasteiger partial charge < -0.3 is 0 Å². The summed E-state index contributed by atoms with van der Waals surface area (Å²) in [6, 6.07) is 3.61. The molecule has 0 aliphatic heterocycles. The fourth-order valence-electron chi connectivity index (χ4n) is 0.853. The van der Waals surface area contributed by atoms with Gasteiger partial charge >= 0.3 is 0 Å². The van der Waals surface area contributed by atoms with E-state index in [1.165, 1.54) is 6.33 Å². The van der Waals surface area contributed by atoms with Crippen molar-refractivity contribution in [1.29, 1.82) is 0 Å². The second-order valence-electron chi connectivity index (χ2n) is 2.03. The summed E-state index contributed by atoms with van der Waals surface area (Å²) < 4.78 is 2.47. The van der Waals surface area contributed by atoms with E-state index in [2.05, 4.69) is 26.0 Å². The number of halogens is 2. The molecule has 5 heteroatoms. The van der Waals surface area contributed by atoms with Crippen molar-refractivity contribution in [1.82, 2.24) is 14.6 Å². The Morgan fingerprint density at radius 1 is 1.45 bits per heavy atom. The van der Waals surface area contributed by atoms with Crippen LogP contribution in [0.5, 0.6) is 0 Å². The van der Waals surface area contributed by atoms with Crippen LogP contribution < -0.4 is 0 Å². The molecule has 0 atom stereocenters. The number of rotatable bonds is 0. The summed E-state index contributed by atoms with van der Waals surface area (Å²) in [7, 11) is 0. The van der Waals surface area contributed by atoms with Crippen molar-refractivity contribution in [2.75, 3.05) is 0 Å². The third kappa shape index (κ3) is 1.12. The van der Waals surface area contributed by atoms with Crippen molar-refractivity contribution in [2.24, 2.45) is 0 Å². The SMILES string of the molecule is Clc1cc(Br)cc2ncnn12. The van der Waals surface area contributed by atoms with E-state index in [9.17, 15) is 0 Å². The molecule has 2 heterocycles. The highest BCUT2D eigenvalue weighted by Crippen LogP contribution is 2.17. The van der Waals surface area contributed by atoms with Crippen molar-refractivity contribution in [3.63, 3.8) is 0 Å². The molecule has 11 heavy (non-hydrogen) atoms. The van der Waals surface area contributed by atoms with Gasteiger partial charge in [0.15, 0.2) is 5.65 Å². The third-order valence-corrected chi connectivity index (χ3v) is 2.03. The zero-order valence-corrected chi connectivity index (χ0v) is 7.67. The van der Waals surface area contributed by atoms with Gasteiger partial charge in [-0.25, -0.2) is 9.50 Å². The zero-order valence-electron chi connectivity index (χ0n) is 5.33. The van der Waals surface area contributed by atoms with E-state index in [4.69, 9.17) is 11.6 Å². The molecule has 0 saturated carbocycles. The maximum absolute atomic E-state index is 5.83. The molecular formula is C6H3BrClN3. The molecule has 0 fully saturated rings. The average Bonchev–Trinajstić information content (AvgIpc) is 2.34. The van der Waals surface area contributed by atoms with Gasteiger partial charge in [0.1, 0.15) is 11.5 Å². The van der Waals surface area contributed by atoms with Crippen molar-refractivity contribution < 1.29 is 0 Å². The lowest BCUT2D eigenvalue weighted by Crippen LogP contribution is -1.88. The number of aromatic nitrogens is 3. The molecule has 0 unspecified atom stereocenters. The molecule has 0 N–H and O–H groups in total. The molecule has 56 valence electrons. The topological polar surface area (TPSA) is 30.2 Å². The fourth-order valence-corrected chi connectivity index (χ4v) is 1.65. The van der Waals surface area contributed by atoms with Crippen LogP contribution in [0.2, 0.25) is 5.15 Å². The number of nitrogens with zero attached hydrogens (tertiary/aromatic N) is 3. The van der Waals surface area contributed by atoms with Gasteiger partial charge in [0.25, 0.3) is 0 Å². The first-order valence-electron chi connectivity index (χ1n) is 2.92. The molecule has 0 aromatic carbocycles. The maximum atomic E-state index is 5.83. The molecule has 2 rings (SSSR count). The minimum absolute atomic E-state index is 0.548. The predicted molar refractivity (Wildman–Crippen MR) is 45.7 cm³/mol. The summed E-state index contributed by atoms with van der Waals surface area (Å²) in [5, 5.41) is 4.46. The number of hydrogen-bond donors (Lipinski definition) is 0. The Labute approximate surface area is 76.1 Å². The van der Waals surface area contributed by atoms with Crippen molar-refractivity contribution in [2.45, 2.75) is 0 Å². The van der Waals surface area contributed by atoms with Crippen LogP contribution >= 0.6 is 27.5 Å². The van der Waals surface area contributed by atoms with E-state index in [1.807, 2.05) is 6.07 Å². The lowest BCUT2D eigenvalue weighted by atomic mass is 10.5. The number of hydrogen-bond acceptors (Lipinski definition) is 2. The molecule has 3 nitrogen and oxygen atoms in total. The fraction of sp³-hybridized carbons (Fsp3) is 0. The van der Waals surface area contributed by atoms with Gasteiger partial charge in [0, 0.05) is 4.47 Å². The first kappa shape index (κ1) is 7.06. The highest BCUT2D eigenvalue weighted by Gasteiger charge is 2.00. The van der Waals surface area contributed by atoms with Crippen LogP contribution in [0.25, 0.3) is 5.65 Å². The summed E-state index contributed by atoms with van der Waals surface area (Å²) in [6.07, 6.45) is 1.47. The Bertz CT molecular complexity index is 398. The third-order valence-electron chi connectivity index (χ3n) is 1.30. The van der Waals surface area contributed by atoms with Crippen molar-refractivity contribution in [3.8, 4) is 0 Å². The highest BCUT2D eigenvalue weighted by molar-refractivity contribution is 9.10. The molecule has 0 saturated heterocycles. The number of pyridine rings is 1. The lowest BCUT2D eigenvalue weighted by molar-refractivity contribution is 0.960. The predicted octanol–water partition coefficient (Wildman–Crippen LogP) is 2.15. The molecule has 2 aromatic heterocycles. The Balaban J connectivity index is 2.91. The smallest absolute Gasteiger partial charge is 0.158 e. The van der Waals surface area contributed by atoms with Gasteiger partial charge in [-0.1, -0.05) is 27.5 Å². The average molecular weight is 232 g/mol. The Hall–Kier alpha value is -0.610. The molecule has 0 amide bonds. The van der Waals surface area contributed by atoms with E-state index in [0.29, 0.717) is 5.15 Å². The minimum Gasteiger partial charge on any atom is -0.215 e. The van der Waals surface area contributed by atoms with Crippen LogP contribution in [-0.2, 0) is 0 Å². The molecular weight excluding hydrogens is 229 g/mol. The Morgan fingerprint density at radius 2 is 2.27 bits per heavy atom. The summed E-state index contributed by atoms with van der Waals surface area (Å²) in [5.41, 5.74) is 0.740. The lowest BCUT2D eigenvalue weighted by Gasteiger charge is -1.95. The minimum atomic E-state index is 0.548. The van der Waals surface area contributed by atoms with Gasteiger partial charge in [-0.3, -0.25) is 0 Å². The summed E-state index contributed by atoms with van der Waals surface area (Å²) in [6.45, 7) is 0. The van der Waals surface area contributed by atoms with Crippen LogP contribution in [0.1, 0.15) is 0 Å². The van der Waals surface area contributed by atoms with Gasteiger partial charge in [0.2, 0.25) is 0 Å². The maximum Gasteiger partial charge on any atom is 0.158 e. The van der Waals surface area contributed by atoms with Gasteiger partial charge in [-0.05, 0) is 12.1 Å². The Kier molecular flexibility index (Phi) is 1.58. The molecule has 0 bridgehead atoms. The largest absolute Gasteiger partial charge is 0.215 e.